The molecule has 0 N–H and O–H groups in total. The molecule has 0 bridgehead atoms. The molecule has 0 saturated heterocycles. The van der Waals surface area contributed by atoms with Crippen molar-refractivity contribution < 1.29 is 14.3 Å². The summed E-state index contributed by atoms with van der Waals surface area (Å²) in [4.78, 5) is 22.1. The largest absolute Gasteiger partial charge is 0.361 e. The van der Waals surface area contributed by atoms with Crippen LogP contribution < -0.4 is 0 Å². The zero-order valence-corrected chi connectivity index (χ0v) is 10.1. The summed E-state index contributed by atoms with van der Waals surface area (Å²) in [6.45, 7) is 4.12. The van der Waals surface area contributed by atoms with Crippen LogP contribution in [0.1, 0.15) is 19.4 Å². The minimum absolute atomic E-state index is 0.337. The van der Waals surface area contributed by atoms with Crippen molar-refractivity contribution in [2.24, 2.45) is 11.3 Å². The third-order valence-corrected chi connectivity index (χ3v) is 3.79. The molecule has 3 heteroatoms. The number of ether oxygens (including phenoxy) is 1. The van der Waals surface area contributed by atoms with E-state index < -0.39 is 11.0 Å². The van der Waals surface area contributed by atoms with Gasteiger partial charge in [0.15, 0.2) is 6.29 Å². The molecule has 1 aliphatic rings. The van der Waals surface area contributed by atoms with Crippen molar-refractivity contribution in [3.8, 4) is 0 Å². The van der Waals surface area contributed by atoms with E-state index in [1.165, 1.54) is 0 Å². The Kier molecular flexibility index (Phi) is 2.87. The summed E-state index contributed by atoms with van der Waals surface area (Å²) in [6.07, 6.45) is 1.59. The Bertz CT molecular complexity index is 424. The van der Waals surface area contributed by atoms with Crippen molar-refractivity contribution in [1.82, 2.24) is 0 Å². The average molecular weight is 232 g/mol. The fourth-order valence-electron chi connectivity index (χ4n) is 2.38. The van der Waals surface area contributed by atoms with E-state index in [0.717, 1.165) is 18.1 Å². The minimum Gasteiger partial charge on any atom is -0.361 e. The van der Waals surface area contributed by atoms with Crippen LogP contribution in [0.4, 0.5) is 0 Å². The van der Waals surface area contributed by atoms with E-state index in [1.807, 2.05) is 44.2 Å². The zero-order valence-electron chi connectivity index (χ0n) is 10.1. The Hall–Kier alpha value is -1.48. The minimum atomic E-state index is -0.940. The van der Waals surface area contributed by atoms with Crippen LogP contribution >= 0.6 is 0 Å². The predicted octanol–water partition coefficient (Wildman–Crippen LogP) is 2.00. The number of carbonyl (C=O) groups is 2. The summed E-state index contributed by atoms with van der Waals surface area (Å²) in [7, 11) is 0. The molecular weight excluding hydrogens is 216 g/mol. The van der Waals surface area contributed by atoms with Gasteiger partial charge in [-0.3, -0.25) is 0 Å². The van der Waals surface area contributed by atoms with Crippen LogP contribution in [0, 0.1) is 11.3 Å². The van der Waals surface area contributed by atoms with E-state index in [1.54, 1.807) is 0 Å². The standard InChI is InChI=1S/C14H16O3/c1-13(2)12(8-15)14(13,10-16)17-9-11-6-4-3-5-7-11/h3-8,10,12H,9H2,1-2H3. The Morgan fingerprint density at radius 2 is 1.88 bits per heavy atom. The fourth-order valence-corrected chi connectivity index (χ4v) is 2.38. The predicted molar refractivity (Wildman–Crippen MR) is 63.4 cm³/mol. The van der Waals surface area contributed by atoms with Crippen LogP contribution in [-0.2, 0) is 20.9 Å². The van der Waals surface area contributed by atoms with Gasteiger partial charge in [-0.2, -0.15) is 0 Å². The third-order valence-electron chi connectivity index (χ3n) is 3.79. The number of rotatable bonds is 5. The highest BCUT2D eigenvalue weighted by Gasteiger charge is 2.73. The van der Waals surface area contributed by atoms with Gasteiger partial charge in [0.05, 0.1) is 12.5 Å². The number of hydrogen-bond acceptors (Lipinski definition) is 3. The Morgan fingerprint density at radius 3 is 2.35 bits per heavy atom. The molecule has 1 aromatic carbocycles. The van der Waals surface area contributed by atoms with Gasteiger partial charge in [0, 0.05) is 5.41 Å². The van der Waals surface area contributed by atoms with Crippen molar-refractivity contribution in [1.29, 1.82) is 0 Å². The fraction of sp³-hybridized carbons (Fsp3) is 0.429. The first-order chi connectivity index (χ1) is 8.08. The summed E-state index contributed by atoms with van der Waals surface area (Å²) in [5.41, 5.74) is -0.336. The van der Waals surface area contributed by atoms with Gasteiger partial charge in [0.25, 0.3) is 0 Å². The van der Waals surface area contributed by atoms with Crippen molar-refractivity contribution in [3.63, 3.8) is 0 Å². The van der Waals surface area contributed by atoms with Crippen LogP contribution in [0.15, 0.2) is 30.3 Å². The van der Waals surface area contributed by atoms with Gasteiger partial charge in [-0.05, 0) is 5.56 Å². The maximum Gasteiger partial charge on any atom is 0.153 e. The van der Waals surface area contributed by atoms with Crippen LogP contribution in [-0.4, -0.2) is 18.2 Å². The second-order valence-electron chi connectivity index (χ2n) is 5.02. The van der Waals surface area contributed by atoms with Gasteiger partial charge in [0.1, 0.15) is 11.9 Å². The lowest BCUT2D eigenvalue weighted by molar-refractivity contribution is -0.127. The molecule has 2 atom stereocenters. The lowest BCUT2D eigenvalue weighted by atomic mass is 10.1. The molecule has 1 saturated carbocycles. The lowest BCUT2D eigenvalue weighted by Crippen LogP contribution is -2.24. The van der Waals surface area contributed by atoms with Crippen LogP contribution in [0.3, 0.4) is 0 Å². The van der Waals surface area contributed by atoms with E-state index in [4.69, 9.17) is 4.74 Å². The van der Waals surface area contributed by atoms with Crippen LogP contribution in [0.25, 0.3) is 0 Å². The summed E-state index contributed by atoms with van der Waals surface area (Å²) >= 11 is 0. The molecule has 3 nitrogen and oxygen atoms in total. The van der Waals surface area contributed by atoms with E-state index in [-0.39, 0.29) is 5.92 Å². The lowest BCUT2D eigenvalue weighted by Gasteiger charge is -2.14. The van der Waals surface area contributed by atoms with Crippen LogP contribution in [0.5, 0.6) is 0 Å². The smallest absolute Gasteiger partial charge is 0.153 e. The van der Waals surface area contributed by atoms with Crippen molar-refractivity contribution in [2.45, 2.75) is 26.1 Å². The van der Waals surface area contributed by atoms with Crippen LogP contribution in [0.2, 0.25) is 0 Å². The molecule has 1 aromatic rings. The first-order valence-electron chi connectivity index (χ1n) is 5.68. The maximum atomic E-state index is 11.2. The highest BCUT2D eigenvalue weighted by atomic mass is 16.5. The van der Waals surface area contributed by atoms with E-state index in [0.29, 0.717) is 6.61 Å². The van der Waals surface area contributed by atoms with Gasteiger partial charge in [-0.1, -0.05) is 44.2 Å². The molecule has 0 heterocycles. The Labute approximate surface area is 101 Å². The van der Waals surface area contributed by atoms with E-state index in [9.17, 15) is 9.59 Å². The normalized spacial score (nSPS) is 29.6. The Morgan fingerprint density at radius 1 is 1.24 bits per heavy atom. The molecule has 0 aromatic heterocycles. The van der Waals surface area contributed by atoms with Gasteiger partial charge in [-0.15, -0.1) is 0 Å². The molecule has 2 rings (SSSR count). The van der Waals surface area contributed by atoms with Crippen molar-refractivity contribution >= 4 is 12.6 Å². The average Bonchev–Trinajstić information content (AvgIpc) is 2.83. The second kappa shape index (κ2) is 4.08. The van der Waals surface area contributed by atoms with Crippen molar-refractivity contribution in [3.05, 3.63) is 35.9 Å². The van der Waals surface area contributed by atoms with Gasteiger partial charge in [0.2, 0.25) is 0 Å². The molecule has 90 valence electrons. The summed E-state index contributed by atoms with van der Waals surface area (Å²) < 4.78 is 5.70. The Balaban J connectivity index is 2.08. The highest BCUT2D eigenvalue weighted by Crippen LogP contribution is 2.61. The van der Waals surface area contributed by atoms with Gasteiger partial charge < -0.3 is 14.3 Å². The van der Waals surface area contributed by atoms with E-state index >= 15 is 0 Å². The topological polar surface area (TPSA) is 43.4 Å². The maximum absolute atomic E-state index is 11.2. The van der Waals surface area contributed by atoms with E-state index in [2.05, 4.69) is 0 Å². The van der Waals surface area contributed by atoms with Gasteiger partial charge in [-0.25, -0.2) is 0 Å². The molecule has 1 aliphatic carbocycles. The van der Waals surface area contributed by atoms with Crippen molar-refractivity contribution in [2.75, 3.05) is 0 Å². The first kappa shape index (κ1) is 12.0. The molecular formula is C14H16O3. The SMILES string of the molecule is CC1(C)C(C=O)C1(C=O)OCc1ccccc1. The molecule has 17 heavy (non-hydrogen) atoms. The number of carbonyl (C=O) groups excluding carboxylic acids is 2. The molecule has 0 spiro atoms. The zero-order chi connectivity index (χ0) is 12.5. The quantitative estimate of drug-likeness (QED) is 0.729. The van der Waals surface area contributed by atoms with Gasteiger partial charge >= 0.3 is 0 Å². The molecule has 0 radical (unpaired) electrons. The number of aldehydes is 2. The summed E-state index contributed by atoms with van der Waals surface area (Å²) in [6, 6.07) is 9.63. The first-order valence-corrected chi connectivity index (χ1v) is 5.68. The molecule has 0 amide bonds. The highest BCUT2D eigenvalue weighted by molar-refractivity contribution is 5.82. The number of benzene rings is 1. The summed E-state index contributed by atoms with van der Waals surface area (Å²) in [5.74, 6) is -0.337. The monoisotopic (exact) mass is 232 g/mol. The molecule has 1 fully saturated rings. The molecule has 0 aliphatic heterocycles. The summed E-state index contributed by atoms with van der Waals surface area (Å²) in [5, 5.41) is 0. The number of hydrogen-bond donors (Lipinski definition) is 0. The third kappa shape index (κ3) is 1.71. The second-order valence-corrected chi connectivity index (χ2v) is 5.02. The molecule has 2 unspecified atom stereocenters.